The average Bonchev–Trinajstić information content (AvgIpc) is 2.98. The van der Waals surface area contributed by atoms with Gasteiger partial charge in [-0.25, -0.2) is 4.98 Å². The highest BCUT2D eigenvalue weighted by molar-refractivity contribution is 7.10. The first-order valence-electron chi connectivity index (χ1n) is 6.41. The van der Waals surface area contributed by atoms with Gasteiger partial charge in [0.05, 0.1) is 17.4 Å². The van der Waals surface area contributed by atoms with Crippen molar-refractivity contribution in [1.29, 1.82) is 0 Å². The SMILES string of the molecule is Cn1cc(-c2csc(C3(N)CCCCC3)n2)cn1. The zero-order chi connectivity index (χ0) is 12.6. The standard InChI is InChI=1S/C13H18N4S/c1-17-8-10(7-15-17)11-9-18-12(16-11)13(14)5-3-2-4-6-13/h7-9H,2-6,14H2,1H3. The molecule has 18 heavy (non-hydrogen) atoms. The second kappa shape index (κ2) is 4.48. The lowest BCUT2D eigenvalue weighted by atomic mass is 9.83. The summed E-state index contributed by atoms with van der Waals surface area (Å²) >= 11 is 1.69. The highest BCUT2D eigenvalue weighted by atomic mass is 32.1. The number of thiazole rings is 1. The fraction of sp³-hybridized carbons (Fsp3) is 0.538. The predicted molar refractivity (Wildman–Crippen MR) is 73.3 cm³/mol. The minimum atomic E-state index is -0.191. The Morgan fingerprint density at radius 1 is 1.33 bits per heavy atom. The van der Waals surface area contributed by atoms with Gasteiger partial charge in [0.15, 0.2) is 0 Å². The van der Waals surface area contributed by atoms with Gasteiger partial charge in [0.25, 0.3) is 0 Å². The Morgan fingerprint density at radius 2 is 2.11 bits per heavy atom. The molecule has 0 radical (unpaired) electrons. The molecule has 0 bridgehead atoms. The third-order valence-electron chi connectivity index (χ3n) is 3.68. The number of nitrogens with zero attached hydrogens (tertiary/aromatic N) is 3. The van der Waals surface area contributed by atoms with Crippen LogP contribution < -0.4 is 5.73 Å². The fourth-order valence-electron chi connectivity index (χ4n) is 2.59. The van der Waals surface area contributed by atoms with Crippen LogP contribution >= 0.6 is 11.3 Å². The zero-order valence-electron chi connectivity index (χ0n) is 10.6. The Morgan fingerprint density at radius 3 is 2.78 bits per heavy atom. The van der Waals surface area contributed by atoms with Gasteiger partial charge >= 0.3 is 0 Å². The molecule has 0 aromatic carbocycles. The summed E-state index contributed by atoms with van der Waals surface area (Å²) in [5, 5.41) is 7.36. The van der Waals surface area contributed by atoms with Crippen LogP contribution in [0.15, 0.2) is 17.8 Å². The van der Waals surface area contributed by atoms with E-state index in [1.165, 1.54) is 19.3 Å². The lowest BCUT2D eigenvalue weighted by molar-refractivity contribution is 0.301. The van der Waals surface area contributed by atoms with Crippen LogP contribution in [0.5, 0.6) is 0 Å². The molecule has 0 aliphatic heterocycles. The van der Waals surface area contributed by atoms with Gasteiger partial charge in [-0.3, -0.25) is 4.68 Å². The molecule has 2 aromatic heterocycles. The van der Waals surface area contributed by atoms with Gasteiger partial charge in [-0.05, 0) is 12.8 Å². The van der Waals surface area contributed by atoms with Crippen molar-refractivity contribution in [3.05, 3.63) is 22.8 Å². The van der Waals surface area contributed by atoms with Crippen LogP contribution in [0, 0.1) is 0 Å². The maximum Gasteiger partial charge on any atom is 0.113 e. The molecule has 5 heteroatoms. The summed E-state index contributed by atoms with van der Waals surface area (Å²) < 4.78 is 1.80. The fourth-order valence-corrected chi connectivity index (χ4v) is 3.59. The molecule has 0 amide bonds. The first kappa shape index (κ1) is 11.9. The Balaban J connectivity index is 1.89. The lowest BCUT2D eigenvalue weighted by Gasteiger charge is -2.31. The monoisotopic (exact) mass is 262 g/mol. The second-order valence-corrected chi connectivity index (χ2v) is 6.02. The number of hydrogen-bond acceptors (Lipinski definition) is 4. The normalized spacial score (nSPS) is 19.0. The first-order valence-corrected chi connectivity index (χ1v) is 7.29. The van der Waals surface area contributed by atoms with Crippen LogP contribution in [0.1, 0.15) is 37.1 Å². The van der Waals surface area contributed by atoms with Crippen LogP contribution in [0.4, 0.5) is 0 Å². The van der Waals surface area contributed by atoms with Crippen LogP contribution in [0.25, 0.3) is 11.3 Å². The van der Waals surface area contributed by atoms with E-state index in [9.17, 15) is 0 Å². The molecule has 1 aliphatic rings. The third kappa shape index (κ3) is 2.08. The number of hydrogen-bond donors (Lipinski definition) is 1. The van der Waals surface area contributed by atoms with Gasteiger partial charge in [-0.1, -0.05) is 19.3 Å². The molecule has 2 heterocycles. The lowest BCUT2D eigenvalue weighted by Crippen LogP contribution is -2.38. The third-order valence-corrected chi connectivity index (χ3v) is 4.74. The number of nitrogens with two attached hydrogens (primary N) is 1. The topological polar surface area (TPSA) is 56.7 Å². The minimum absolute atomic E-state index is 0.191. The van der Waals surface area contributed by atoms with Gasteiger partial charge in [0.1, 0.15) is 5.01 Å². The van der Waals surface area contributed by atoms with Gasteiger partial charge in [-0.2, -0.15) is 5.10 Å². The Bertz CT molecular complexity index is 537. The van der Waals surface area contributed by atoms with Crippen molar-refractivity contribution in [1.82, 2.24) is 14.8 Å². The van der Waals surface area contributed by atoms with E-state index in [-0.39, 0.29) is 5.54 Å². The molecule has 1 fully saturated rings. The number of rotatable bonds is 2. The smallest absolute Gasteiger partial charge is 0.113 e. The van der Waals surface area contributed by atoms with Gasteiger partial charge < -0.3 is 5.73 Å². The van der Waals surface area contributed by atoms with Crippen LogP contribution in [-0.4, -0.2) is 14.8 Å². The first-order chi connectivity index (χ1) is 8.67. The molecule has 2 aromatic rings. The molecule has 1 aliphatic carbocycles. The Labute approximate surface area is 111 Å². The second-order valence-electron chi connectivity index (χ2n) is 5.16. The number of aryl methyl sites for hydroxylation is 1. The van der Waals surface area contributed by atoms with Crippen LogP contribution in [-0.2, 0) is 12.6 Å². The van der Waals surface area contributed by atoms with Crippen LogP contribution in [0.3, 0.4) is 0 Å². The summed E-state index contributed by atoms with van der Waals surface area (Å²) in [6, 6.07) is 0. The molecule has 1 saturated carbocycles. The van der Waals surface area contributed by atoms with E-state index in [4.69, 9.17) is 10.7 Å². The Kier molecular flexibility index (Phi) is 2.95. The molecular weight excluding hydrogens is 244 g/mol. The Hall–Kier alpha value is -1.20. The van der Waals surface area contributed by atoms with E-state index in [0.717, 1.165) is 29.1 Å². The van der Waals surface area contributed by atoms with E-state index >= 15 is 0 Å². The maximum atomic E-state index is 6.50. The molecular formula is C13H18N4S. The maximum absolute atomic E-state index is 6.50. The summed E-state index contributed by atoms with van der Waals surface area (Å²) in [6.45, 7) is 0. The molecule has 0 spiro atoms. The molecule has 3 rings (SSSR count). The van der Waals surface area contributed by atoms with Crippen molar-refractivity contribution in [3.63, 3.8) is 0 Å². The van der Waals surface area contributed by atoms with Gasteiger partial charge in [0.2, 0.25) is 0 Å². The van der Waals surface area contributed by atoms with E-state index in [1.54, 1.807) is 16.0 Å². The molecule has 96 valence electrons. The summed E-state index contributed by atoms with van der Waals surface area (Å²) in [4.78, 5) is 4.73. The highest BCUT2D eigenvalue weighted by Gasteiger charge is 2.32. The quantitative estimate of drug-likeness (QED) is 0.905. The summed E-state index contributed by atoms with van der Waals surface area (Å²) in [5.41, 5.74) is 8.38. The molecule has 0 atom stereocenters. The van der Waals surface area contributed by atoms with Crippen molar-refractivity contribution in [2.45, 2.75) is 37.6 Å². The van der Waals surface area contributed by atoms with Gasteiger partial charge in [-0.15, -0.1) is 11.3 Å². The average molecular weight is 262 g/mol. The molecule has 2 N–H and O–H groups in total. The number of aromatic nitrogens is 3. The molecule has 4 nitrogen and oxygen atoms in total. The van der Waals surface area contributed by atoms with Crippen LogP contribution in [0.2, 0.25) is 0 Å². The van der Waals surface area contributed by atoms with Crippen molar-refractivity contribution in [2.75, 3.05) is 0 Å². The summed E-state index contributed by atoms with van der Waals surface area (Å²) in [6.07, 6.45) is 9.71. The van der Waals surface area contributed by atoms with E-state index in [1.807, 2.05) is 19.4 Å². The molecule has 0 unspecified atom stereocenters. The van der Waals surface area contributed by atoms with E-state index in [0.29, 0.717) is 0 Å². The van der Waals surface area contributed by atoms with E-state index < -0.39 is 0 Å². The van der Waals surface area contributed by atoms with Crippen molar-refractivity contribution < 1.29 is 0 Å². The van der Waals surface area contributed by atoms with E-state index in [2.05, 4.69) is 10.5 Å². The van der Waals surface area contributed by atoms with Crippen molar-refractivity contribution >= 4 is 11.3 Å². The predicted octanol–water partition coefficient (Wildman–Crippen LogP) is 2.66. The highest BCUT2D eigenvalue weighted by Crippen LogP contribution is 2.37. The summed E-state index contributed by atoms with van der Waals surface area (Å²) in [7, 11) is 1.92. The molecule has 0 saturated heterocycles. The summed E-state index contributed by atoms with van der Waals surface area (Å²) in [5.74, 6) is 0. The van der Waals surface area contributed by atoms with Gasteiger partial charge in [0, 0.05) is 24.2 Å². The zero-order valence-corrected chi connectivity index (χ0v) is 11.4. The van der Waals surface area contributed by atoms with Crippen molar-refractivity contribution in [3.8, 4) is 11.3 Å². The van der Waals surface area contributed by atoms with Crippen molar-refractivity contribution in [2.24, 2.45) is 12.8 Å². The largest absolute Gasteiger partial charge is 0.319 e. The minimum Gasteiger partial charge on any atom is -0.319 e.